The molecule has 9 heteroatoms. The Kier molecular flexibility index (Phi) is 13.1. The Hall–Kier alpha value is -1.28. The summed E-state index contributed by atoms with van der Waals surface area (Å²) in [7, 11) is 0.574. The van der Waals surface area contributed by atoms with E-state index in [2.05, 4.69) is 79.0 Å². The van der Waals surface area contributed by atoms with E-state index in [-0.39, 0.29) is 23.1 Å². The minimum atomic E-state index is -3.51. The molecule has 38 heavy (non-hydrogen) atoms. The van der Waals surface area contributed by atoms with Crippen LogP contribution in [0.5, 0.6) is 0 Å². The maximum Gasteiger partial charge on any atom is 0.350 e. The molecule has 0 aliphatic heterocycles. The van der Waals surface area contributed by atoms with E-state index < -0.39 is 24.3 Å². The lowest BCUT2D eigenvalue weighted by molar-refractivity contribution is -0.688. The Morgan fingerprint density at radius 1 is 0.895 bits per heavy atom. The summed E-state index contributed by atoms with van der Waals surface area (Å²) in [4.78, 5) is 8.71. The summed E-state index contributed by atoms with van der Waals surface area (Å²) in [6, 6.07) is 12.7. The highest BCUT2D eigenvalue weighted by Crippen LogP contribution is 2.61. The van der Waals surface area contributed by atoms with Crippen molar-refractivity contribution in [2.45, 2.75) is 86.3 Å². The first kappa shape index (κ1) is 34.7. The minimum Gasteiger partial charge on any atom is -1.00 e. The number of anilines is 1. The summed E-state index contributed by atoms with van der Waals surface area (Å²) in [6.45, 7) is 19.4. The number of benzene rings is 1. The Bertz CT molecular complexity index is 1010. The quantitative estimate of drug-likeness (QED) is 0.206. The Morgan fingerprint density at radius 2 is 1.39 bits per heavy atom. The normalized spacial score (nSPS) is 14.2. The van der Waals surface area contributed by atoms with Crippen molar-refractivity contribution in [3.05, 3.63) is 59.9 Å². The van der Waals surface area contributed by atoms with Crippen LogP contribution in [0, 0.1) is 5.41 Å². The molecule has 216 valence electrons. The summed E-state index contributed by atoms with van der Waals surface area (Å²) in [5, 5.41) is 1.84. The van der Waals surface area contributed by atoms with Crippen LogP contribution in [0.25, 0.3) is 0 Å². The van der Waals surface area contributed by atoms with Gasteiger partial charge in [0.25, 0.3) is 0 Å². The van der Waals surface area contributed by atoms with Gasteiger partial charge in [-0.3, -0.25) is 9.40 Å². The molecule has 7 nitrogen and oxygen atoms in total. The Morgan fingerprint density at radius 3 is 1.79 bits per heavy atom. The molecule has 0 aliphatic rings. The molecular weight excluding hydrogens is 565 g/mol. The molecule has 2 aromatic rings. The van der Waals surface area contributed by atoms with Crippen LogP contribution < -0.4 is 26.4 Å². The predicted molar refractivity (Wildman–Crippen MR) is 152 cm³/mol. The number of hydrogen-bond donors (Lipinski definition) is 0. The Labute approximate surface area is 241 Å². The maximum absolute atomic E-state index is 14.1. The van der Waals surface area contributed by atoms with Crippen LogP contribution in [0.15, 0.2) is 48.8 Å². The third kappa shape index (κ3) is 9.42. The van der Waals surface area contributed by atoms with Gasteiger partial charge in [0.05, 0.1) is 13.2 Å². The minimum absolute atomic E-state index is 0. The summed E-state index contributed by atoms with van der Waals surface area (Å²) < 4.78 is 27.9. The molecule has 1 heterocycles. The van der Waals surface area contributed by atoms with Crippen LogP contribution in [0.2, 0.25) is 0 Å². The van der Waals surface area contributed by atoms with Crippen LogP contribution in [0.1, 0.15) is 79.5 Å². The lowest BCUT2D eigenvalue weighted by Crippen LogP contribution is -3.00. The first-order valence-corrected chi connectivity index (χ1v) is 14.8. The molecule has 0 bridgehead atoms. The smallest absolute Gasteiger partial charge is 0.350 e. The van der Waals surface area contributed by atoms with Gasteiger partial charge in [-0.1, -0.05) is 32.9 Å². The third-order valence-electron chi connectivity index (χ3n) is 6.05. The highest BCUT2D eigenvalue weighted by atomic mass is 79.9. The first-order chi connectivity index (χ1) is 17.1. The molecule has 0 fully saturated rings. The molecule has 0 N–H and O–H groups in total. The summed E-state index contributed by atoms with van der Waals surface area (Å²) in [5.41, 5.74) is 2.56. The van der Waals surface area contributed by atoms with Crippen molar-refractivity contribution in [2.75, 3.05) is 32.2 Å². The third-order valence-corrected chi connectivity index (χ3v) is 8.87. The van der Waals surface area contributed by atoms with E-state index in [1.807, 2.05) is 60.7 Å². The van der Waals surface area contributed by atoms with Crippen molar-refractivity contribution >= 4 is 13.3 Å². The van der Waals surface area contributed by atoms with E-state index in [9.17, 15) is 4.57 Å². The number of hydrogen-bond acceptors (Lipinski definition) is 6. The summed E-state index contributed by atoms with van der Waals surface area (Å²) in [6.07, 6.45) is 3.88. The second kappa shape index (κ2) is 14.4. The van der Waals surface area contributed by atoms with Gasteiger partial charge in [0.15, 0.2) is 18.9 Å². The number of nitrogens with zero attached hydrogens (tertiary/aromatic N) is 3. The molecule has 1 aromatic carbocycles. The molecule has 2 atom stereocenters. The number of halogens is 1. The van der Waals surface area contributed by atoms with E-state index >= 15 is 0 Å². The van der Waals surface area contributed by atoms with E-state index in [0.29, 0.717) is 13.2 Å². The van der Waals surface area contributed by atoms with E-state index in [4.69, 9.17) is 13.9 Å². The predicted octanol–water partition coefficient (Wildman–Crippen LogP) is 3.82. The van der Waals surface area contributed by atoms with E-state index in [1.54, 1.807) is 0 Å². The van der Waals surface area contributed by atoms with Gasteiger partial charge in [-0.25, -0.2) is 4.57 Å². The topological polar surface area (TPSA) is 55.1 Å². The van der Waals surface area contributed by atoms with Crippen LogP contribution in [-0.2, 0) is 25.0 Å². The van der Waals surface area contributed by atoms with Crippen molar-refractivity contribution in [1.82, 2.24) is 5.06 Å². The van der Waals surface area contributed by atoms with Crippen LogP contribution in [0.3, 0.4) is 0 Å². The Balaban J connectivity index is 0.00000722. The molecule has 0 aliphatic carbocycles. The van der Waals surface area contributed by atoms with Gasteiger partial charge >= 0.3 is 7.60 Å². The van der Waals surface area contributed by atoms with Crippen molar-refractivity contribution in [3.8, 4) is 0 Å². The van der Waals surface area contributed by atoms with E-state index in [0.717, 1.165) is 12.1 Å². The number of aromatic nitrogens is 1. The SMILES string of the molecule is CCOP(=O)(OCC)C(N(OC(C)c1cc[n+](Cc2ccc(N(C)C)cc2)cc1)C(C)(C)C)C(C)(C)C.[Br-]. The van der Waals surface area contributed by atoms with Gasteiger partial charge in [0.1, 0.15) is 11.9 Å². The fourth-order valence-corrected chi connectivity index (χ4v) is 6.95. The molecule has 2 rings (SSSR count). The second-order valence-electron chi connectivity index (χ2n) is 11.7. The number of hydroxylamine groups is 2. The zero-order chi connectivity index (χ0) is 28.0. The molecule has 0 saturated carbocycles. The van der Waals surface area contributed by atoms with Gasteiger partial charge in [0.2, 0.25) is 0 Å². The van der Waals surface area contributed by atoms with Crippen molar-refractivity contribution in [1.29, 1.82) is 0 Å². The lowest BCUT2D eigenvalue weighted by Gasteiger charge is -2.48. The van der Waals surface area contributed by atoms with Crippen molar-refractivity contribution in [3.63, 3.8) is 0 Å². The molecule has 0 amide bonds. The van der Waals surface area contributed by atoms with E-state index in [1.165, 1.54) is 11.3 Å². The zero-order valence-electron chi connectivity index (χ0n) is 25.2. The van der Waals surface area contributed by atoms with Crippen molar-refractivity contribution in [2.24, 2.45) is 5.41 Å². The first-order valence-electron chi connectivity index (χ1n) is 13.2. The van der Waals surface area contributed by atoms with Gasteiger partial charge < -0.3 is 30.9 Å². The highest BCUT2D eigenvalue weighted by molar-refractivity contribution is 7.54. The summed E-state index contributed by atoms with van der Waals surface area (Å²) >= 11 is 0. The lowest BCUT2D eigenvalue weighted by atomic mass is 9.94. The monoisotopic (exact) mass is 613 g/mol. The average Bonchev–Trinajstić information content (AvgIpc) is 2.78. The second-order valence-corrected chi connectivity index (χ2v) is 13.8. The van der Waals surface area contributed by atoms with Crippen molar-refractivity contribution < 1.29 is 40.0 Å². The van der Waals surface area contributed by atoms with Gasteiger partial charge in [-0.05, 0) is 64.7 Å². The fourth-order valence-electron chi connectivity index (χ4n) is 4.26. The van der Waals surface area contributed by atoms with Crippen LogP contribution >= 0.6 is 7.60 Å². The molecule has 0 saturated heterocycles. The molecular formula is C29H49BrN3O4P. The largest absolute Gasteiger partial charge is 1.00 e. The van der Waals surface area contributed by atoms with Gasteiger partial charge in [-0.2, -0.15) is 5.06 Å². The van der Waals surface area contributed by atoms with Crippen LogP contribution in [0.4, 0.5) is 5.69 Å². The number of rotatable bonds is 12. The van der Waals surface area contributed by atoms with Crippen LogP contribution in [-0.4, -0.2) is 43.7 Å². The molecule has 0 spiro atoms. The highest BCUT2D eigenvalue weighted by Gasteiger charge is 2.51. The number of pyridine rings is 1. The molecule has 1 aromatic heterocycles. The van der Waals surface area contributed by atoms with Gasteiger partial charge in [0, 0.05) is 43.0 Å². The summed E-state index contributed by atoms with van der Waals surface area (Å²) in [5.74, 6) is -0.596. The maximum atomic E-state index is 14.1. The molecule has 2 unspecified atom stereocenters. The zero-order valence-corrected chi connectivity index (χ0v) is 27.7. The standard InChI is InChI=1S/C29H49N3O4P.BrH/c1-12-34-37(33,35-13-2)27(28(4,5)6)32(29(7,8)9)36-23(3)25-18-20-31(21-19-25)22-24-14-16-26(17-15-24)30(10)11;/h14-21,23,27H,12-13,22H2,1-11H3;1H/q+1;/p-1. The molecule has 0 radical (unpaired) electrons. The van der Waals surface area contributed by atoms with Gasteiger partial charge in [-0.15, -0.1) is 0 Å². The average molecular weight is 615 g/mol. The fraction of sp³-hybridized carbons (Fsp3) is 0.621.